The molecule has 29 heavy (non-hydrogen) atoms. The Morgan fingerprint density at radius 2 is 1.24 bits per heavy atom. The maximum atomic E-state index is 11.7. The minimum Gasteiger partial charge on any atom is -0.324 e. The van der Waals surface area contributed by atoms with Gasteiger partial charge < -0.3 is 4.48 Å². The number of halogens is 1. The van der Waals surface area contributed by atoms with Crippen molar-refractivity contribution in [2.24, 2.45) is 0 Å². The summed E-state index contributed by atoms with van der Waals surface area (Å²) in [5, 5.41) is -1.02. The molecule has 0 heterocycles. The summed E-state index contributed by atoms with van der Waals surface area (Å²) in [4.78, 5) is 0. The minimum atomic E-state index is -4.11. The van der Waals surface area contributed by atoms with Crippen LogP contribution in [0.25, 0.3) is 0 Å². The van der Waals surface area contributed by atoms with E-state index in [0.29, 0.717) is 0 Å². The van der Waals surface area contributed by atoms with Gasteiger partial charge in [0, 0.05) is 6.42 Å². The Morgan fingerprint density at radius 1 is 0.862 bits per heavy atom. The van der Waals surface area contributed by atoms with Gasteiger partial charge in [-0.3, -0.25) is 8.94 Å². The third kappa shape index (κ3) is 16.8. The molecule has 0 saturated heterocycles. The summed E-state index contributed by atoms with van der Waals surface area (Å²) in [5.74, 6) is 2.12. The molecule has 0 rings (SSSR count). The predicted molar refractivity (Wildman–Crippen MR) is 123 cm³/mol. The Bertz CT molecular complexity index is 465. The van der Waals surface area contributed by atoms with Gasteiger partial charge in [0.25, 0.3) is 10.1 Å². The molecule has 0 aromatic rings. The standard InChI is InChI=1S/C16H36N.C7H11FO3S/c1-5-9-13-17(14-10-6-2,15-11-7-3)16-12-8-4;1-2-4-7(5-3-6-8)12(9,10)11/h5-16H2,1-4H3;1,7H,3-6H2,(H,9,10,11)/q+1;. The molecule has 0 aromatic carbocycles. The average Bonchev–Trinajstić information content (AvgIpc) is 2.69. The van der Waals surface area contributed by atoms with Gasteiger partial charge in [-0.2, -0.15) is 8.42 Å². The summed E-state index contributed by atoms with van der Waals surface area (Å²) < 4.78 is 42.8. The maximum Gasteiger partial charge on any atom is 0.268 e. The third-order valence-corrected chi connectivity index (χ3v) is 6.62. The van der Waals surface area contributed by atoms with E-state index in [1.807, 2.05) is 0 Å². The molecule has 1 atom stereocenters. The molecule has 0 bridgehead atoms. The number of rotatable bonds is 17. The van der Waals surface area contributed by atoms with Gasteiger partial charge in [0.05, 0.1) is 38.1 Å². The number of alkyl halides is 1. The van der Waals surface area contributed by atoms with Gasteiger partial charge >= 0.3 is 0 Å². The van der Waals surface area contributed by atoms with Crippen molar-refractivity contribution in [3.8, 4) is 12.3 Å². The lowest BCUT2D eigenvalue weighted by atomic mass is 10.1. The van der Waals surface area contributed by atoms with Crippen LogP contribution in [-0.4, -0.2) is 55.6 Å². The first kappa shape index (κ1) is 30.6. The van der Waals surface area contributed by atoms with Crippen LogP contribution in [0, 0.1) is 12.3 Å². The van der Waals surface area contributed by atoms with Crippen molar-refractivity contribution in [3.05, 3.63) is 0 Å². The topological polar surface area (TPSA) is 54.4 Å². The fourth-order valence-electron chi connectivity index (χ4n) is 3.44. The van der Waals surface area contributed by atoms with Crippen LogP contribution < -0.4 is 0 Å². The third-order valence-electron chi connectivity index (χ3n) is 5.37. The largest absolute Gasteiger partial charge is 0.324 e. The quantitative estimate of drug-likeness (QED) is 0.172. The van der Waals surface area contributed by atoms with Crippen molar-refractivity contribution in [2.45, 2.75) is 104 Å². The highest BCUT2D eigenvalue weighted by Gasteiger charge is 2.24. The Hall–Kier alpha value is -0.640. The number of quaternary nitrogens is 1. The highest BCUT2D eigenvalue weighted by atomic mass is 32.2. The molecule has 4 nitrogen and oxygen atoms in total. The SMILES string of the molecule is C#CCC(CCCF)S(=O)(=O)O.CCCC[N+](CCCC)(CCCC)CCCC. The molecule has 6 heteroatoms. The zero-order valence-electron chi connectivity index (χ0n) is 19.5. The Balaban J connectivity index is 0. The van der Waals surface area contributed by atoms with Crippen LogP contribution in [0.4, 0.5) is 4.39 Å². The average molecular weight is 437 g/mol. The first-order chi connectivity index (χ1) is 13.8. The first-order valence-corrected chi connectivity index (χ1v) is 13.1. The van der Waals surface area contributed by atoms with Crippen LogP contribution in [-0.2, 0) is 10.1 Å². The molecule has 0 aliphatic carbocycles. The number of terminal acetylenes is 1. The molecule has 174 valence electrons. The summed E-state index contributed by atoms with van der Waals surface area (Å²) in [5.41, 5.74) is 0. The van der Waals surface area contributed by atoms with E-state index in [2.05, 4.69) is 33.6 Å². The van der Waals surface area contributed by atoms with Crippen molar-refractivity contribution in [3.63, 3.8) is 0 Å². The first-order valence-electron chi connectivity index (χ1n) is 11.6. The molecule has 0 aliphatic heterocycles. The summed E-state index contributed by atoms with van der Waals surface area (Å²) in [7, 11) is -4.11. The van der Waals surface area contributed by atoms with Crippen LogP contribution in [0.2, 0.25) is 0 Å². The summed E-state index contributed by atoms with van der Waals surface area (Å²) in [6.45, 7) is 14.4. The van der Waals surface area contributed by atoms with Gasteiger partial charge in [0.15, 0.2) is 0 Å². The molecule has 0 saturated carbocycles. The molecular weight excluding hydrogens is 389 g/mol. The van der Waals surface area contributed by atoms with Gasteiger partial charge in [-0.25, -0.2) is 0 Å². The normalized spacial score (nSPS) is 12.7. The van der Waals surface area contributed by atoms with Gasteiger partial charge in [-0.15, -0.1) is 12.3 Å². The minimum absolute atomic E-state index is 0.0690. The molecule has 0 radical (unpaired) electrons. The van der Waals surface area contributed by atoms with E-state index in [4.69, 9.17) is 11.0 Å². The zero-order valence-corrected chi connectivity index (χ0v) is 20.3. The van der Waals surface area contributed by atoms with Crippen molar-refractivity contribution in [1.29, 1.82) is 0 Å². The van der Waals surface area contributed by atoms with Gasteiger partial charge in [-0.1, -0.05) is 53.4 Å². The van der Waals surface area contributed by atoms with Crippen molar-refractivity contribution >= 4 is 10.1 Å². The van der Waals surface area contributed by atoms with Crippen LogP contribution in [0.15, 0.2) is 0 Å². The molecular formula is C23H47FNO3S+. The van der Waals surface area contributed by atoms with Gasteiger partial charge in [0.2, 0.25) is 0 Å². The number of hydrogen-bond donors (Lipinski definition) is 1. The molecule has 0 aliphatic rings. The van der Waals surface area contributed by atoms with Crippen molar-refractivity contribution < 1.29 is 21.8 Å². The lowest BCUT2D eigenvalue weighted by molar-refractivity contribution is -0.929. The molecule has 1 unspecified atom stereocenters. The monoisotopic (exact) mass is 436 g/mol. The van der Waals surface area contributed by atoms with Crippen molar-refractivity contribution in [1.82, 2.24) is 0 Å². The summed E-state index contributed by atoms with van der Waals surface area (Å²) in [6, 6.07) is 0. The lowest BCUT2D eigenvalue weighted by Gasteiger charge is -2.39. The second-order valence-corrected chi connectivity index (χ2v) is 9.72. The maximum absolute atomic E-state index is 11.7. The van der Waals surface area contributed by atoms with Crippen LogP contribution in [0.3, 0.4) is 0 Å². The fourth-order valence-corrected chi connectivity index (χ4v) is 4.21. The van der Waals surface area contributed by atoms with E-state index in [-0.39, 0.29) is 19.3 Å². The van der Waals surface area contributed by atoms with Crippen LogP contribution >= 0.6 is 0 Å². The lowest BCUT2D eigenvalue weighted by Crippen LogP contribution is -2.50. The van der Waals surface area contributed by atoms with E-state index in [1.165, 1.54) is 82.0 Å². The number of hydrogen-bond acceptors (Lipinski definition) is 2. The Kier molecular flexibility index (Phi) is 20.4. The van der Waals surface area contributed by atoms with Crippen LogP contribution in [0.5, 0.6) is 0 Å². The van der Waals surface area contributed by atoms with E-state index in [1.54, 1.807) is 0 Å². The second kappa shape index (κ2) is 19.3. The summed E-state index contributed by atoms with van der Waals surface area (Å²) in [6.07, 6.45) is 16.0. The molecule has 0 fully saturated rings. The smallest absolute Gasteiger partial charge is 0.268 e. The zero-order chi connectivity index (χ0) is 22.6. The van der Waals surface area contributed by atoms with E-state index in [9.17, 15) is 12.8 Å². The van der Waals surface area contributed by atoms with E-state index in [0.717, 1.165) is 0 Å². The predicted octanol–water partition coefficient (Wildman–Crippen LogP) is 6.02. The molecule has 0 spiro atoms. The molecule has 1 N–H and O–H groups in total. The highest BCUT2D eigenvalue weighted by Crippen LogP contribution is 2.16. The van der Waals surface area contributed by atoms with Gasteiger partial charge in [-0.05, 0) is 38.5 Å². The Labute approximate surface area is 181 Å². The molecule has 0 aromatic heterocycles. The number of nitrogens with zero attached hydrogens (tertiary/aromatic N) is 1. The Morgan fingerprint density at radius 3 is 1.48 bits per heavy atom. The summed E-state index contributed by atoms with van der Waals surface area (Å²) >= 11 is 0. The van der Waals surface area contributed by atoms with Gasteiger partial charge in [0.1, 0.15) is 0 Å². The van der Waals surface area contributed by atoms with Crippen molar-refractivity contribution in [2.75, 3.05) is 32.9 Å². The van der Waals surface area contributed by atoms with E-state index >= 15 is 0 Å². The second-order valence-electron chi connectivity index (χ2n) is 8.03. The molecule has 0 amide bonds. The van der Waals surface area contributed by atoms with E-state index < -0.39 is 22.0 Å². The van der Waals surface area contributed by atoms with Crippen LogP contribution in [0.1, 0.15) is 98.3 Å². The highest BCUT2D eigenvalue weighted by molar-refractivity contribution is 7.86. The number of unbranched alkanes of at least 4 members (excludes halogenated alkanes) is 4. The fraction of sp³-hybridized carbons (Fsp3) is 0.913.